The third-order valence-corrected chi connectivity index (χ3v) is 4.26. The molecule has 0 saturated heterocycles. The SMILES string of the molecule is CC(C)(CN)CSC(C)(C)CCC(=O)O. The second-order valence-electron chi connectivity index (χ2n) is 5.31. The Kier molecular flexibility index (Phi) is 5.67. The van der Waals surface area contributed by atoms with Gasteiger partial charge in [0.1, 0.15) is 0 Å². The van der Waals surface area contributed by atoms with Gasteiger partial charge in [-0.2, -0.15) is 11.8 Å². The Bertz CT molecular complexity index is 215. The molecular formula is C11H23NO2S. The van der Waals surface area contributed by atoms with Crippen LogP contribution in [-0.2, 0) is 4.79 Å². The van der Waals surface area contributed by atoms with Gasteiger partial charge >= 0.3 is 5.97 Å². The Labute approximate surface area is 96.8 Å². The topological polar surface area (TPSA) is 63.3 Å². The van der Waals surface area contributed by atoms with Crippen molar-refractivity contribution < 1.29 is 9.90 Å². The van der Waals surface area contributed by atoms with Crippen molar-refractivity contribution in [3.8, 4) is 0 Å². The van der Waals surface area contributed by atoms with Gasteiger partial charge in [0, 0.05) is 16.9 Å². The highest BCUT2D eigenvalue weighted by Crippen LogP contribution is 2.34. The van der Waals surface area contributed by atoms with E-state index in [-0.39, 0.29) is 16.6 Å². The Morgan fingerprint density at radius 2 is 1.87 bits per heavy atom. The number of hydrogen-bond acceptors (Lipinski definition) is 3. The van der Waals surface area contributed by atoms with E-state index in [0.717, 1.165) is 5.75 Å². The molecule has 0 aromatic heterocycles. The first-order valence-electron chi connectivity index (χ1n) is 5.24. The minimum atomic E-state index is -0.721. The lowest BCUT2D eigenvalue weighted by molar-refractivity contribution is -0.137. The lowest BCUT2D eigenvalue weighted by Gasteiger charge is -2.29. The minimum Gasteiger partial charge on any atom is -0.481 e. The molecular weight excluding hydrogens is 210 g/mol. The van der Waals surface area contributed by atoms with E-state index < -0.39 is 5.97 Å². The highest BCUT2D eigenvalue weighted by molar-refractivity contribution is 8.00. The first-order chi connectivity index (χ1) is 6.68. The number of aliphatic carboxylic acids is 1. The van der Waals surface area contributed by atoms with Crippen LogP contribution in [0.1, 0.15) is 40.5 Å². The molecule has 0 aliphatic rings. The monoisotopic (exact) mass is 233 g/mol. The number of nitrogens with two attached hydrogens (primary N) is 1. The van der Waals surface area contributed by atoms with Gasteiger partial charge in [0.15, 0.2) is 0 Å². The van der Waals surface area contributed by atoms with Gasteiger partial charge in [-0.3, -0.25) is 4.79 Å². The predicted octanol–water partition coefficient (Wildman–Crippen LogP) is 2.35. The van der Waals surface area contributed by atoms with Crippen molar-refractivity contribution in [1.29, 1.82) is 0 Å². The fourth-order valence-corrected chi connectivity index (χ4v) is 2.08. The molecule has 3 N–H and O–H groups in total. The second kappa shape index (κ2) is 5.75. The lowest BCUT2D eigenvalue weighted by Crippen LogP contribution is -2.29. The molecule has 0 saturated carbocycles. The van der Waals surface area contributed by atoms with Crippen LogP contribution in [0.2, 0.25) is 0 Å². The number of thioether (sulfide) groups is 1. The number of carboxylic acid groups (broad SMARTS) is 1. The smallest absolute Gasteiger partial charge is 0.303 e. The zero-order valence-electron chi connectivity index (χ0n) is 10.2. The number of carboxylic acids is 1. The van der Waals surface area contributed by atoms with Gasteiger partial charge in [0.25, 0.3) is 0 Å². The first-order valence-corrected chi connectivity index (χ1v) is 6.23. The molecule has 0 unspecified atom stereocenters. The summed E-state index contributed by atoms with van der Waals surface area (Å²) in [5.74, 6) is 0.248. The van der Waals surface area contributed by atoms with Gasteiger partial charge in [-0.1, -0.05) is 27.7 Å². The molecule has 0 radical (unpaired) electrons. The van der Waals surface area contributed by atoms with Crippen LogP contribution in [0.15, 0.2) is 0 Å². The predicted molar refractivity (Wildman–Crippen MR) is 66.2 cm³/mol. The third kappa shape index (κ3) is 7.68. The maximum atomic E-state index is 10.5. The summed E-state index contributed by atoms with van der Waals surface area (Å²) in [7, 11) is 0. The van der Waals surface area contributed by atoms with Gasteiger partial charge in [-0.05, 0) is 18.4 Å². The van der Waals surface area contributed by atoms with Gasteiger partial charge in [0.05, 0.1) is 0 Å². The summed E-state index contributed by atoms with van der Waals surface area (Å²) >= 11 is 1.81. The van der Waals surface area contributed by atoms with Gasteiger partial charge in [-0.25, -0.2) is 0 Å². The minimum absolute atomic E-state index is 0.0187. The van der Waals surface area contributed by atoms with Crippen molar-refractivity contribution in [2.75, 3.05) is 12.3 Å². The van der Waals surface area contributed by atoms with E-state index >= 15 is 0 Å². The molecule has 0 fully saturated rings. The molecule has 0 spiro atoms. The molecule has 15 heavy (non-hydrogen) atoms. The average molecular weight is 233 g/mol. The number of carbonyl (C=O) groups is 1. The average Bonchev–Trinajstić information content (AvgIpc) is 2.13. The summed E-state index contributed by atoms with van der Waals surface area (Å²) in [6.07, 6.45) is 0.941. The molecule has 0 amide bonds. The molecule has 0 atom stereocenters. The number of rotatable bonds is 7. The van der Waals surface area contributed by atoms with Crippen LogP contribution in [0.3, 0.4) is 0 Å². The van der Waals surface area contributed by atoms with Gasteiger partial charge < -0.3 is 10.8 Å². The molecule has 0 aliphatic carbocycles. The fraction of sp³-hybridized carbons (Fsp3) is 0.909. The lowest BCUT2D eigenvalue weighted by atomic mass is 9.97. The van der Waals surface area contributed by atoms with Crippen molar-refractivity contribution in [2.24, 2.45) is 11.1 Å². The van der Waals surface area contributed by atoms with Crippen LogP contribution in [0, 0.1) is 5.41 Å². The van der Waals surface area contributed by atoms with E-state index in [1.54, 1.807) is 0 Å². The first kappa shape index (κ1) is 14.8. The van der Waals surface area contributed by atoms with E-state index in [1.807, 2.05) is 11.8 Å². The third-order valence-electron chi connectivity index (χ3n) is 2.35. The maximum absolute atomic E-state index is 10.5. The highest BCUT2D eigenvalue weighted by atomic mass is 32.2. The van der Waals surface area contributed by atoms with Crippen LogP contribution in [-0.4, -0.2) is 28.1 Å². The standard InChI is InChI=1S/C11H23NO2S/c1-10(2,7-12)8-15-11(3,4)6-5-9(13)14/h5-8,12H2,1-4H3,(H,13,14). The van der Waals surface area contributed by atoms with E-state index in [1.165, 1.54) is 0 Å². The summed E-state index contributed by atoms with van der Waals surface area (Å²) in [5.41, 5.74) is 5.78. The van der Waals surface area contributed by atoms with Gasteiger partial charge in [-0.15, -0.1) is 0 Å². The zero-order chi connectivity index (χ0) is 12.1. The highest BCUT2D eigenvalue weighted by Gasteiger charge is 2.24. The summed E-state index contributed by atoms with van der Waals surface area (Å²) in [4.78, 5) is 10.5. The Morgan fingerprint density at radius 3 is 2.27 bits per heavy atom. The van der Waals surface area contributed by atoms with Gasteiger partial charge in [0.2, 0.25) is 0 Å². The summed E-state index contributed by atoms with van der Waals surface area (Å²) in [5, 5.41) is 8.62. The fourth-order valence-electron chi connectivity index (χ4n) is 0.930. The molecule has 0 heterocycles. The van der Waals surface area contributed by atoms with Crippen LogP contribution >= 0.6 is 11.8 Å². The summed E-state index contributed by atoms with van der Waals surface area (Å²) in [6, 6.07) is 0. The van der Waals surface area contributed by atoms with Crippen LogP contribution in [0.25, 0.3) is 0 Å². The van der Waals surface area contributed by atoms with Crippen molar-refractivity contribution in [1.82, 2.24) is 0 Å². The molecule has 90 valence electrons. The molecule has 3 nitrogen and oxygen atoms in total. The van der Waals surface area contributed by atoms with E-state index in [0.29, 0.717) is 13.0 Å². The quantitative estimate of drug-likeness (QED) is 0.708. The molecule has 4 heteroatoms. The Balaban J connectivity index is 3.98. The van der Waals surface area contributed by atoms with Crippen LogP contribution in [0.4, 0.5) is 0 Å². The van der Waals surface area contributed by atoms with E-state index in [9.17, 15) is 4.79 Å². The molecule has 0 aliphatic heterocycles. The van der Waals surface area contributed by atoms with E-state index in [4.69, 9.17) is 10.8 Å². The molecule has 0 bridgehead atoms. The maximum Gasteiger partial charge on any atom is 0.303 e. The Morgan fingerprint density at radius 1 is 1.33 bits per heavy atom. The molecule has 0 rings (SSSR count). The largest absolute Gasteiger partial charge is 0.481 e. The molecule has 0 aromatic carbocycles. The van der Waals surface area contributed by atoms with Crippen molar-refractivity contribution in [3.05, 3.63) is 0 Å². The summed E-state index contributed by atoms with van der Waals surface area (Å²) in [6.45, 7) is 9.11. The van der Waals surface area contributed by atoms with Crippen molar-refractivity contribution >= 4 is 17.7 Å². The van der Waals surface area contributed by atoms with Crippen molar-refractivity contribution in [3.63, 3.8) is 0 Å². The van der Waals surface area contributed by atoms with Crippen LogP contribution in [0.5, 0.6) is 0 Å². The van der Waals surface area contributed by atoms with E-state index in [2.05, 4.69) is 27.7 Å². The zero-order valence-corrected chi connectivity index (χ0v) is 11.0. The normalized spacial score (nSPS) is 12.9. The second-order valence-corrected chi connectivity index (χ2v) is 6.99. The van der Waals surface area contributed by atoms with Crippen LogP contribution < -0.4 is 5.73 Å². The number of hydrogen-bond donors (Lipinski definition) is 2. The van der Waals surface area contributed by atoms with Crippen molar-refractivity contribution in [2.45, 2.75) is 45.3 Å². The molecule has 0 aromatic rings. The Hall–Kier alpha value is -0.220. The summed E-state index contributed by atoms with van der Waals surface area (Å²) < 4.78 is 0.0187.